The van der Waals surface area contributed by atoms with Gasteiger partial charge in [-0.1, -0.05) is 0 Å². The largest absolute Gasteiger partial charge is 0.496 e. The summed E-state index contributed by atoms with van der Waals surface area (Å²) in [5.74, 6) is 0.825. The predicted octanol–water partition coefficient (Wildman–Crippen LogP) is 1.96. The lowest BCUT2D eigenvalue weighted by molar-refractivity contribution is 0.0734. The molecular formula is C13H14N2O3. The fourth-order valence-electron chi connectivity index (χ4n) is 1.61. The van der Waals surface area contributed by atoms with Gasteiger partial charge >= 0.3 is 5.97 Å². The van der Waals surface area contributed by atoms with Crippen molar-refractivity contribution in [2.75, 3.05) is 7.11 Å². The summed E-state index contributed by atoms with van der Waals surface area (Å²) in [5.41, 5.74) is 1.33. The van der Waals surface area contributed by atoms with E-state index < -0.39 is 5.97 Å². The van der Waals surface area contributed by atoms with E-state index in [1.807, 2.05) is 6.92 Å². The van der Waals surface area contributed by atoms with E-state index in [9.17, 15) is 4.79 Å². The second-order valence-electron chi connectivity index (χ2n) is 3.92. The number of hydrogen-bond acceptors (Lipinski definition) is 4. The number of benzene rings is 1. The van der Waals surface area contributed by atoms with Gasteiger partial charge in [-0.2, -0.15) is 5.10 Å². The van der Waals surface area contributed by atoms with E-state index in [1.54, 1.807) is 43.2 Å². The fraction of sp³-hybridized carbons (Fsp3) is 0.231. The molecule has 0 atom stereocenters. The third-order valence-corrected chi connectivity index (χ3v) is 2.52. The van der Waals surface area contributed by atoms with Gasteiger partial charge in [0.2, 0.25) is 0 Å². The number of hydrogen-bond donors (Lipinski definition) is 0. The second-order valence-corrected chi connectivity index (χ2v) is 3.92. The maximum absolute atomic E-state index is 11.8. The van der Waals surface area contributed by atoms with E-state index in [0.29, 0.717) is 11.3 Å². The molecule has 1 heterocycles. The average molecular weight is 246 g/mol. The minimum absolute atomic E-state index is 0.422. The lowest BCUT2D eigenvalue weighted by Gasteiger charge is -2.07. The Morgan fingerprint density at radius 1 is 1.39 bits per heavy atom. The van der Waals surface area contributed by atoms with Crippen molar-refractivity contribution in [2.24, 2.45) is 7.05 Å². The zero-order valence-corrected chi connectivity index (χ0v) is 10.5. The number of rotatable bonds is 3. The Morgan fingerprint density at radius 2 is 2.17 bits per heavy atom. The molecule has 0 unspecified atom stereocenters. The first-order valence-corrected chi connectivity index (χ1v) is 5.45. The van der Waals surface area contributed by atoms with Crippen molar-refractivity contribution in [3.8, 4) is 11.5 Å². The van der Waals surface area contributed by atoms with Crippen LogP contribution in [0.1, 0.15) is 15.9 Å². The van der Waals surface area contributed by atoms with E-state index in [1.165, 1.54) is 6.20 Å². The van der Waals surface area contributed by atoms with Crippen molar-refractivity contribution in [1.82, 2.24) is 9.78 Å². The zero-order valence-electron chi connectivity index (χ0n) is 10.5. The molecule has 0 radical (unpaired) electrons. The van der Waals surface area contributed by atoms with Crippen LogP contribution in [0.3, 0.4) is 0 Å². The quantitative estimate of drug-likeness (QED) is 0.613. The molecular weight excluding hydrogens is 232 g/mol. The first-order valence-electron chi connectivity index (χ1n) is 5.45. The van der Waals surface area contributed by atoms with E-state index in [4.69, 9.17) is 9.47 Å². The smallest absolute Gasteiger partial charge is 0.346 e. The summed E-state index contributed by atoms with van der Waals surface area (Å²) in [7, 11) is 3.35. The third kappa shape index (κ3) is 2.51. The van der Waals surface area contributed by atoms with Crippen molar-refractivity contribution < 1.29 is 14.3 Å². The Morgan fingerprint density at radius 3 is 2.72 bits per heavy atom. The van der Waals surface area contributed by atoms with Crippen LogP contribution in [-0.2, 0) is 7.05 Å². The van der Waals surface area contributed by atoms with Crippen molar-refractivity contribution in [3.05, 3.63) is 41.7 Å². The predicted molar refractivity (Wildman–Crippen MR) is 65.9 cm³/mol. The highest BCUT2D eigenvalue weighted by Gasteiger charge is 2.11. The van der Waals surface area contributed by atoms with Gasteiger partial charge in [-0.15, -0.1) is 0 Å². The molecule has 94 valence electrons. The highest BCUT2D eigenvalue weighted by atomic mass is 16.5. The molecule has 0 saturated carbocycles. The van der Waals surface area contributed by atoms with Gasteiger partial charge in [0.15, 0.2) is 0 Å². The van der Waals surface area contributed by atoms with Gasteiger partial charge in [0.1, 0.15) is 11.5 Å². The summed E-state index contributed by atoms with van der Waals surface area (Å²) < 4.78 is 11.9. The number of nitrogens with zero attached hydrogens (tertiary/aromatic N) is 2. The Bertz CT molecular complexity index is 575. The molecule has 0 aliphatic rings. The molecule has 1 aromatic heterocycles. The van der Waals surface area contributed by atoms with Gasteiger partial charge in [-0.05, 0) is 30.7 Å². The molecule has 5 nitrogen and oxygen atoms in total. The lowest BCUT2D eigenvalue weighted by Crippen LogP contribution is -2.07. The molecule has 0 aliphatic heterocycles. The Balaban J connectivity index is 2.14. The molecule has 2 rings (SSSR count). The van der Waals surface area contributed by atoms with E-state index in [-0.39, 0.29) is 0 Å². The minimum Gasteiger partial charge on any atom is -0.496 e. The number of carbonyl (C=O) groups is 1. The van der Waals surface area contributed by atoms with Crippen LogP contribution in [0.15, 0.2) is 30.6 Å². The number of ether oxygens (including phenoxy) is 2. The molecule has 0 N–H and O–H groups in total. The third-order valence-electron chi connectivity index (χ3n) is 2.52. The van der Waals surface area contributed by atoms with Crippen molar-refractivity contribution in [2.45, 2.75) is 6.92 Å². The van der Waals surface area contributed by atoms with Crippen LogP contribution in [0.2, 0.25) is 0 Å². The number of methoxy groups -OCH3 is 1. The summed E-state index contributed by atoms with van der Waals surface area (Å²) >= 11 is 0. The fourth-order valence-corrected chi connectivity index (χ4v) is 1.61. The Labute approximate surface area is 105 Å². The molecule has 0 bridgehead atoms. The van der Waals surface area contributed by atoms with Gasteiger partial charge in [0, 0.05) is 13.2 Å². The number of aryl methyl sites for hydroxylation is 2. The molecule has 0 aliphatic carbocycles. The maximum Gasteiger partial charge on any atom is 0.346 e. The van der Waals surface area contributed by atoms with Crippen LogP contribution in [0.4, 0.5) is 0 Å². The zero-order chi connectivity index (χ0) is 13.1. The monoisotopic (exact) mass is 246 g/mol. The van der Waals surface area contributed by atoms with Crippen molar-refractivity contribution >= 4 is 5.97 Å². The van der Waals surface area contributed by atoms with Gasteiger partial charge in [-0.25, -0.2) is 4.79 Å². The highest BCUT2D eigenvalue weighted by molar-refractivity contribution is 5.90. The first-order chi connectivity index (χ1) is 8.60. The summed E-state index contributed by atoms with van der Waals surface area (Å²) in [6.45, 7) is 1.89. The highest BCUT2D eigenvalue weighted by Crippen LogP contribution is 2.23. The summed E-state index contributed by atoms with van der Waals surface area (Å²) in [4.78, 5) is 11.8. The topological polar surface area (TPSA) is 53.4 Å². The lowest BCUT2D eigenvalue weighted by atomic mass is 10.2. The molecule has 0 amide bonds. The summed E-state index contributed by atoms with van der Waals surface area (Å²) in [6.07, 6.45) is 3.08. The molecule has 0 saturated heterocycles. The second kappa shape index (κ2) is 4.91. The van der Waals surface area contributed by atoms with E-state index in [0.717, 1.165) is 11.3 Å². The molecule has 5 heteroatoms. The van der Waals surface area contributed by atoms with E-state index >= 15 is 0 Å². The molecule has 0 fully saturated rings. The van der Waals surface area contributed by atoms with Crippen LogP contribution >= 0.6 is 0 Å². The minimum atomic E-state index is -0.423. The standard InChI is InChI=1S/C13H14N2O3/c1-9-6-11(4-5-12(9)17-3)18-13(16)10-7-14-15(2)8-10/h4-8H,1-3H3. The maximum atomic E-state index is 11.8. The van der Waals surface area contributed by atoms with Gasteiger partial charge in [-0.3, -0.25) is 4.68 Å². The Hall–Kier alpha value is -2.30. The van der Waals surface area contributed by atoms with Crippen molar-refractivity contribution in [1.29, 1.82) is 0 Å². The average Bonchev–Trinajstić information content (AvgIpc) is 2.76. The van der Waals surface area contributed by atoms with Crippen molar-refractivity contribution in [3.63, 3.8) is 0 Å². The SMILES string of the molecule is COc1ccc(OC(=O)c2cnn(C)c2)cc1C. The summed E-state index contributed by atoms with van der Waals surface area (Å²) in [5, 5.41) is 3.92. The number of esters is 1. The van der Waals surface area contributed by atoms with Gasteiger partial charge in [0.05, 0.1) is 18.9 Å². The van der Waals surface area contributed by atoms with Gasteiger partial charge in [0.25, 0.3) is 0 Å². The molecule has 1 aromatic carbocycles. The van der Waals surface area contributed by atoms with E-state index in [2.05, 4.69) is 5.10 Å². The van der Waals surface area contributed by atoms with Crippen LogP contribution in [0.25, 0.3) is 0 Å². The number of carbonyl (C=O) groups excluding carboxylic acids is 1. The normalized spacial score (nSPS) is 10.2. The molecule has 2 aromatic rings. The number of aromatic nitrogens is 2. The Kier molecular flexibility index (Phi) is 3.32. The van der Waals surface area contributed by atoms with Crippen LogP contribution in [-0.4, -0.2) is 22.9 Å². The first kappa shape index (κ1) is 12.2. The van der Waals surface area contributed by atoms with Crippen LogP contribution in [0.5, 0.6) is 11.5 Å². The van der Waals surface area contributed by atoms with Crippen LogP contribution < -0.4 is 9.47 Å². The van der Waals surface area contributed by atoms with Gasteiger partial charge < -0.3 is 9.47 Å². The summed E-state index contributed by atoms with van der Waals surface area (Å²) in [6, 6.07) is 5.22. The van der Waals surface area contributed by atoms with Crippen LogP contribution in [0, 0.1) is 6.92 Å². The molecule has 18 heavy (non-hydrogen) atoms. The molecule has 0 spiro atoms.